The second-order valence-electron chi connectivity index (χ2n) is 3.30. The number of thioether (sulfide) groups is 1. The highest BCUT2D eigenvalue weighted by molar-refractivity contribution is 7.99. The van der Waals surface area contributed by atoms with Crippen molar-refractivity contribution in [3.63, 3.8) is 0 Å². The molecule has 0 unspecified atom stereocenters. The molecule has 0 saturated carbocycles. The van der Waals surface area contributed by atoms with Crippen molar-refractivity contribution in [2.45, 2.75) is 19.3 Å². The molecule has 0 radical (unpaired) electrons. The third kappa shape index (κ3) is 4.33. The first-order chi connectivity index (χ1) is 5.93. The maximum Gasteiger partial charge on any atom is 0.00727 e. The summed E-state index contributed by atoms with van der Waals surface area (Å²) >= 11 is 2.08. The van der Waals surface area contributed by atoms with Crippen molar-refractivity contribution in [3.05, 3.63) is 0 Å². The van der Waals surface area contributed by atoms with Crippen LogP contribution in [0.3, 0.4) is 0 Å². The van der Waals surface area contributed by atoms with Crippen LogP contribution < -0.4 is 5.73 Å². The summed E-state index contributed by atoms with van der Waals surface area (Å²) in [6, 6.07) is 0. The van der Waals surface area contributed by atoms with Crippen LogP contribution in [0.15, 0.2) is 0 Å². The Morgan fingerprint density at radius 2 is 1.83 bits per heavy atom. The number of unbranched alkanes of at least 4 members (excludes halogenated alkanes) is 2. The molecule has 2 nitrogen and oxygen atoms in total. The summed E-state index contributed by atoms with van der Waals surface area (Å²) < 4.78 is 0. The Bertz CT molecular complexity index is 103. The van der Waals surface area contributed by atoms with E-state index in [1.807, 2.05) is 0 Å². The fourth-order valence-corrected chi connectivity index (χ4v) is 2.46. The van der Waals surface area contributed by atoms with Gasteiger partial charge in [-0.25, -0.2) is 0 Å². The van der Waals surface area contributed by atoms with Crippen molar-refractivity contribution in [3.8, 4) is 0 Å². The van der Waals surface area contributed by atoms with E-state index >= 15 is 0 Å². The summed E-state index contributed by atoms with van der Waals surface area (Å²) in [6.07, 6.45) is 3.84. The Morgan fingerprint density at radius 3 is 2.50 bits per heavy atom. The number of rotatable bonds is 5. The topological polar surface area (TPSA) is 29.3 Å². The smallest absolute Gasteiger partial charge is 0.00727 e. The van der Waals surface area contributed by atoms with E-state index in [1.54, 1.807) is 0 Å². The average molecular weight is 188 g/mol. The molecule has 0 atom stereocenters. The van der Waals surface area contributed by atoms with Crippen molar-refractivity contribution in [1.82, 2.24) is 4.90 Å². The van der Waals surface area contributed by atoms with Crippen LogP contribution in [-0.2, 0) is 0 Å². The van der Waals surface area contributed by atoms with Crippen LogP contribution in [0.5, 0.6) is 0 Å². The van der Waals surface area contributed by atoms with E-state index in [0.717, 1.165) is 6.54 Å². The fraction of sp³-hybridized carbons (Fsp3) is 1.00. The highest BCUT2D eigenvalue weighted by Gasteiger charge is 2.08. The third-order valence-corrected chi connectivity index (χ3v) is 3.22. The van der Waals surface area contributed by atoms with Crippen LogP contribution in [0.1, 0.15) is 19.3 Å². The molecular formula is C9H20N2S. The zero-order valence-corrected chi connectivity index (χ0v) is 8.61. The summed E-state index contributed by atoms with van der Waals surface area (Å²) in [6.45, 7) is 4.75. The van der Waals surface area contributed by atoms with Gasteiger partial charge in [-0.3, -0.25) is 0 Å². The lowest BCUT2D eigenvalue weighted by Crippen LogP contribution is -2.33. The van der Waals surface area contributed by atoms with Gasteiger partial charge in [-0.2, -0.15) is 11.8 Å². The predicted molar refractivity (Wildman–Crippen MR) is 56.7 cm³/mol. The van der Waals surface area contributed by atoms with Crippen LogP contribution in [0.25, 0.3) is 0 Å². The lowest BCUT2D eigenvalue weighted by molar-refractivity contribution is 0.295. The monoisotopic (exact) mass is 188 g/mol. The van der Waals surface area contributed by atoms with Gasteiger partial charge in [0.05, 0.1) is 0 Å². The van der Waals surface area contributed by atoms with Gasteiger partial charge in [0.15, 0.2) is 0 Å². The number of nitrogens with two attached hydrogens (primary N) is 1. The summed E-state index contributed by atoms with van der Waals surface area (Å²) in [5, 5.41) is 0. The van der Waals surface area contributed by atoms with E-state index < -0.39 is 0 Å². The number of hydrogen-bond acceptors (Lipinski definition) is 3. The second-order valence-corrected chi connectivity index (χ2v) is 4.53. The molecule has 2 N–H and O–H groups in total. The molecule has 1 rings (SSSR count). The quantitative estimate of drug-likeness (QED) is 0.657. The van der Waals surface area contributed by atoms with E-state index in [1.165, 1.54) is 50.4 Å². The normalized spacial score (nSPS) is 19.8. The van der Waals surface area contributed by atoms with E-state index in [-0.39, 0.29) is 0 Å². The molecule has 0 aromatic carbocycles. The summed E-state index contributed by atoms with van der Waals surface area (Å²) in [5.74, 6) is 2.66. The molecule has 1 aliphatic rings. The second kappa shape index (κ2) is 6.75. The molecule has 1 fully saturated rings. The molecule has 1 saturated heterocycles. The first kappa shape index (κ1) is 10.4. The molecule has 3 heteroatoms. The molecule has 0 amide bonds. The van der Waals surface area contributed by atoms with Crippen molar-refractivity contribution in [1.29, 1.82) is 0 Å². The Labute approximate surface area is 79.9 Å². The first-order valence-electron chi connectivity index (χ1n) is 4.93. The maximum atomic E-state index is 5.43. The van der Waals surface area contributed by atoms with Crippen LogP contribution >= 0.6 is 11.8 Å². The molecule has 0 bridgehead atoms. The zero-order valence-electron chi connectivity index (χ0n) is 7.80. The Morgan fingerprint density at radius 1 is 1.08 bits per heavy atom. The average Bonchev–Trinajstić information content (AvgIpc) is 2.14. The van der Waals surface area contributed by atoms with Gasteiger partial charge in [-0.1, -0.05) is 6.42 Å². The van der Waals surface area contributed by atoms with Gasteiger partial charge >= 0.3 is 0 Å². The SMILES string of the molecule is NCCCCCN1CCSCC1. The highest BCUT2D eigenvalue weighted by Crippen LogP contribution is 2.09. The number of nitrogens with zero attached hydrogens (tertiary/aromatic N) is 1. The van der Waals surface area contributed by atoms with Gasteiger partial charge in [-0.05, 0) is 25.9 Å². The third-order valence-electron chi connectivity index (χ3n) is 2.28. The van der Waals surface area contributed by atoms with Gasteiger partial charge < -0.3 is 10.6 Å². The lowest BCUT2D eigenvalue weighted by atomic mass is 10.2. The van der Waals surface area contributed by atoms with Gasteiger partial charge in [-0.15, -0.1) is 0 Å². The molecule has 0 spiro atoms. The van der Waals surface area contributed by atoms with Crippen LogP contribution in [0.2, 0.25) is 0 Å². The fourth-order valence-electron chi connectivity index (χ4n) is 1.48. The van der Waals surface area contributed by atoms with Crippen molar-refractivity contribution in [2.24, 2.45) is 5.73 Å². The van der Waals surface area contributed by atoms with Gasteiger partial charge in [0.25, 0.3) is 0 Å². The van der Waals surface area contributed by atoms with E-state index in [4.69, 9.17) is 5.73 Å². The van der Waals surface area contributed by atoms with Crippen molar-refractivity contribution >= 4 is 11.8 Å². The van der Waals surface area contributed by atoms with Crippen LogP contribution in [0, 0.1) is 0 Å². The standard InChI is InChI=1S/C9H20N2S/c10-4-2-1-3-5-11-6-8-12-9-7-11/h1-10H2. The first-order valence-corrected chi connectivity index (χ1v) is 6.09. The minimum atomic E-state index is 0.857. The Balaban J connectivity index is 1.91. The maximum absolute atomic E-state index is 5.43. The van der Waals surface area contributed by atoms with E-state index in [0.29, 0.717) is 0 Å². The largest absolute Gasteiger partial charge is 0.330 e. The van der Waals surface area contributed by atoms with Crippen molar-refractivity contribution < 1.29 is 0 Å². The molecule has 1 heterocycles. The minimum Gasteiger partial charge on any atom is -0.330 e. The van der Waals surface area contributed by atoms with Gasteiger partial charge in [0.1, 0.15) is 0 Å². The molecule has 1 aliphatic heterocycles. The lowest BCUT2D eigenvalue weighted by Gasteiger charge is -2.25. The molecule has 12 heavy (non-hydrogen) atoms. The highest BCUT2D eigenvalue weighted by atomic mass is 32.2. The Kier molecular flexibility index (Phi) is 5.82. The summed E-state index contributed by atoms with van der Waals surface area (Å²) in [7, 11) is 0. The minimum absolute atomic E-state index is 0.857. The molecule has 0 aliphatic carbocycles. The Hall–Kier alpha value is 0.270. The number of hydrogen-bond donors (Lipinski definition) is 1. The molecule has 72 valence electrons. The predicted octanol–water partition coefficient (Wildman–Crippen LogP) is 1.16. The van der Waals surface area contributed by atoms with Crippen LogP contribution in [-0.4, -0.2) is 42.6 Å². The van der Waals surface area contributed by atoms with Crippen LogP contribution in [0.4, 0.5) is 0 Å². The zero-order chi connectivity index (χ0) is 8.65. The molecule has 0 aromatic heterocycles. The summed E-state index contributed by atoms with van der Waals surface area (Å²) in [4.78, 5) is 2.58. The van der Waals surface area contributed by atoms with Gasteiger partial charge in [0.2, 0.25) is 0 Å². The van der Waals surface area contributed by atoms with Crippen molar-refractivity contribution in [2.75, 3.05) is 37.7 Å². The van der Waals surface area contributed by atoms with E-state index in [9.17, 15) is 0 Å². The summed E-state index contributed by atoms with van der Waals surface area (Å²) in [5.41, 5.74) is 5.43. The van der Waals surface area contributed by atoms with Gasteiger partial charge in [0, 0.05) is 24.6 Å². The van der Waals surface area contributed by atoms with E-state index in [2.05, 4.69) is 16.7 Å². The molecule has 0 aromatic rings. The molecular weight excluding hydrogens is 168 g/mol.